The number of amides is 2. The maximum atomic E-state index is 12.9. The van der Waals surface area contributed by atoms with E-state index in [9.17, 15) is 14.0 Å². The fraction of sp³-hybridized carbons (Fsp3) is 0.294. The Hall–Kier alpha value is -2.34. The van der Waals surface area contributed by atoms with Crippen LogP contribution in [0.4, 0.5) is 4.39 Å². The second-order valence-electron chi connectivity index (χ2n) is 5.78. The van der Waals surface area contributed by atoms with E-state index in [1.165, 1.54) is 24.3 Å². The summed E-state index contributed by atoms with van der Waals surface area (Å²) < 4.78 is 12.9. The second-order valence-corrected chi connectivity index (χ2v) is 6.21. The Morgan fingerprint density at radius 1 is 1.21 bits per heavy atom. The van der Waals surface area contributed by atoms with Crippen molar-refractivity contribution in [3.63, 3.8) is 0 Å². The average molecular weight is 350 g/mol. The molecule has 0 radical (unpaired) electrons. The highest BCUT2D eigenvalue weighted by atomic mass is 35.5. The molecule has 0 atom stereocenters. The van der Waals surface area contributed by atoms with Crippen molar-refractivity contribution in [2.75, 3.05) is 13.1 Å². The molecule has 2 aromatic rings. The van der Waals surface area contributed by atoms with Gasteiger partial charge in [-0.05, 0) is 43.2 Å². The summed E-state index contributed by atoms with van der Waals surface area (Å²) in [6, 6.07) is 7.04. The molecule has 24 heavy (non-hydrogen) atoms. The van der Waals surface area contributed by atoms with Crippen LogP contribution in [0.2, 0.25) is 5.02 Å². The zero-order valence-electron chi connectivity index (χ0n) is 12.9. The van der Waals surface area contributed by atoms with Gasteiger partial charge in [-0.15, -0.1) is 0 Å². The average Bonchev–Trinajstić information content (AvgIpc) is 3.02. The standard InChI is InChI=1S/C17H17ClFN3O2/c18-12-9-15(20-10-12)17(24)22-7-5-14(6-8-22)21-16(23)11-1-3-13(19)4-2-11/h1-4,9-10,14,20H,5-8H2,(H,21,23). The molecule has 0 bridgehead atoms. The van der Waals surface area contributed by atoms with E-state index in [4.69, 9.17) is 11.6 Å². The van der Waals surface area contributed by atoms with Gasteiger partial charge in [0, 0.05) is 30.9 Å². The summed E-state index contributed by atoms with van der Waals surface area (Å²) in [6.45, 7) is 1.12. The van der Waals surface area contributed by atoms with Gasteiger partial charge in [0.25, 0.3) is 11.8 Å². The minimum absolute atomic E-state index is 0.00108. The summed E-state index contributed by atoms with van der Waals surface area (Å²) in [6.07, 6.45) is 2.92. The molecule has 1 fully saturated rings. The van der Waals surface area contributed by atoms with Crippen LogP contribution in [0, 0.1) is 5.82 Å². The summed E-state index contributed by atoms with van der Waals surface area (Å²) in [5, 5.41) is 3.43. The monoisotopic (exact) mass is 349 g/mol. The summed E-state index contributed by atoms with van der Waals surface area (Å²) >= 11 is 5.82. The van der Waals surface area contributed by atoms with Crippen LogP contribution in [0.1, 0.15) is 33.7 Å². The first-order chi connectivity index (χ1) is 11.5. The van der Waals surface area contributed by atoms with Crippen LogP contribution in [-0.4, -0.2) is 40.8 Å². The van der Waals surface area contributed by atoms with Crippen LogP contribution in [0.25, 0.3) is 0 Å². The van der Waals surface area contributed by atoms with E-state index in [0.29, 0.717) is 42.2 Å². The number of nitrogens with zero attached hydrogens (tertiary/aromatic N) is 1. The molecule has 1 saturated heterocycles. The molecule has 1 aromatic heterocycles. The highest BCUT2D eigenvalue weighted by molar-refractivity contribution is 6.30. The van der Waals surface area contributed by atoms with Crippen LogP contribution >= 0.6 is 11.6 Å². The Balaban J connectivity index is 1.52. The molecule has 5 nitrogen and oxygen atoms in total. The van der Waals surface area contributed by atoms with Gasteiger partial charge in [0.1, 0.15) is 11.5 Å². The number of hydrogen-bond donors (Lipinski definition) is 2. The number of rotatable bonds is 3. The topological polar surface area (TPSA) is 65.2 Å². The van der Waals surface area contributed by atoms with Crippen molar-refractivity contribution in [2.45, 2.75) is 18.9 Å². The molecular weight excluding hydrogens is 333 g/mol. The van der Waals surface area contributed by atoms with Crippen LogP contribution in [0.15, 0.2) is 36.5 Å². The zero-order valence-corrected chi connectivity index (χ0v) is 13.6. The molecule has 0 saturated carbocycles. The first-order valence-corrected chi connectivity index (χ1v) is 8.10. The molecule has 1 aliphatic heterocycles. The highest BCUT2D eigenvalue weighted by Gasteiger charge is 2.25. The quantitative estimate of drug-likeness (QED) is 0.895. The highest BCUT2D eigenvalue weighted by Crippen LogP contribution is 2.16. The number of aromatic nitrogens is 1. The molecule has 1 aliphatic rings. The molecule has 1 aromatic carbocycles. The Labute approximate surface area is 143 Å². The zero-order chi connectivity index (χ0) is 17.1. The fourth-order valence-electron chi connectivity index (χ4n) is 2.76. The predicted octanol–water partition coefficient (Wildman–Crippen LogP) is 2.84. The summed E-state index contributed by atoms with van der Waals surface area (Å²) in [5.74, 6) is -0.691. The molecule has 2 heterocycles. The van der Waals surface area contributed by atoms with E-state index in [1.54, 1.807) is 17.2 Å². The number of aromatic amines is 1. The van der Waals surface area contributed by atoms with Crippen molar-refractivity contribution in [3.05, 3.63) is 58.6 Å². The fourth-order valence-corrected chi connectivity index (χ4v) is 2.92. The number of carbonyl (C=O) groups is 2. The Bertz CT molecular complexity index is 737. The predicted molar refractivity (Wildman–Crippen MR) is 88.6 cm³/mol. The minimum atomic E-state index is -0.372. The lowest BCUT2D eigenvalue weighted by molar-refractivity contribution is 0.0693. The van der Waals surface area contributed by atoms with Gasteiger partial charge in [-0.2, -0.15) is 0 Å². The van der Waals surface area contributed by atoms with Crippen LogP contribution < -0.4 is 5.32 Å². The van der Waals surface area contributed by atoms with Crippen molar-refractivity contribution in [1.82, 2.24) is 15.2 Å². The van der Waals surface area contributed by atoms with Crippen molar-refractivity contribution in [2.24, 2.45) is 0 Å². The van der Waals surface area contributed by atoms with E-state index in [0.717, 1.165) is 0 Å². The summed E-state index contributed by atoms with van der Waals surface area (Å²) in [7, 11) is 0. The molecular formula is C17H17ClFN3O2. The molecule has 2 amide bonds. The largest absolute Gasteiger partial charge is 0.356 e. The number of halogens is 2. The molecule has 0 unspecified atom stereocenters. The summed E-state index contributed by atoms with van der Waals surface area (Å²) in [4.78, 5) is 29.0. The van der Waals surface area contributed by atoms with Crippen molar-refractivity contribution in [3.8, 4) is 0 Å². The Morgan fingerprint density at radius 3 is 2.46 bits per heavy atom. The lowest BCUT2D eigenvalue weighted by atomic mass is 10.0. The first kappa shape index (κ1) is 16.5. The van der Waals surface area contributed by atoms with Crippen LogP contribution in [-0.2, 0) is 0 Å². The normalized spacial score (nSPS) is 15.3. The SMILES string of the molecule is O=C(NC1CCN(C(=O)c2cc(Cl)c[nH]2)CC1)c1ccc(F)cc1. The van der Waals surface area contributed by atoms with Gasteiger partial charge in [0.05, 0.1) is 5.02 Å². The second kappa shape index (κ2) is 7.05. The lowest BCUT2D eigenvalue weighted by Crippen LogP contribution is -2.46. The Kier molecular flexibility index (Phi) is 4.85. The van der Waals surface area contributed by atoms with Crippen molar-refractivity contribution < 1.29 is 14.0 Å². The third kappa shape index (κ3) is 3.76. The van der Waals surface area contributed by atoms with E-state index in [-0.39, 0.29) is 23.7 Å². The van der Waals surface area contributed by atoms with Gasteiger partial charge in [0.2, 0.25) is 0 Å². The molecule has 7 heteroatoms. The van der Waals surface area contributed by atoms with Gasteiger partial charge >= 0.3 is 0 Å². The smallest absolute Gasteiger partial charge is 0.270 e. The number of carbonyl (C=O) groups excluding carboxylic acids is 2. The number of likely N-dealkylation sites (tertiary alicyclic amines) is 1. The lowest BCUT2D eigenvalue weighted by Gasteiger charge is -2.32. The third-order valence-electron chi connectivity index (χ3n) is 4.10. The van der Waals surface area contributed by atoms with Gasteiger partial charge in [0.15, 0.2) is 0 Å². The minimum Gasteiger partial charge on any atom is -0.356 e. The van der Waals surface area contributed by atoms with Crippen molar-refractivity contribution in [1.29, 1.82) is 0 Å². The maximum Gasteiger partial charge on any atom is 0.270 e. The molecule has 2 N–H and O–H groups in total. The van der Waals surface area contributed by atoms with Gasteiger partial charge < -0.3 is 15.2 Å². The summed E-state index contributed by atoms with van der Waals surface area (Å²) in [5.41, 5.74) is 0.893. The van der Waals surface area contributed by atoms with E-state index in [1.807, 2.05) is 0 Å². The van der Waals surface area contributed by atoms with Crippen molar-refractivity contribution >= 4 is 23.4 Å². The van der Waals surface area contributed by atoms with Gasteiger partial charge in [-0.1, -0.05) is 11.6 Å². The Morgan fingerprint density at radius 2 is 1.88 bits per heavy atom. The third-order valence-corrected chi connectivity index (χ3v) is 4.32. The molecule has 3 rings (SSSR count). The maximum absolute atomic E-state index is 12.9. The van der Waals surface area contributed by atoms with E-state index < -0.39 is 0 Å². The first-order valence-electron chi connectivity index (χ1n) is 7.72. The number of benzene rings is 1. The number of piperidine rings is 1. The van der Waals surface area contributed by atoms with Gasteiger partial charge in [-0.25, -0.2) is 4.39 Å². The van der Waals surface area contributed by atoms with Crippen LogP contribution in [0.3, 0.4) is 0 Å². The number of hydrogen-bond acceptors (Lipinski definition) is 2. The number of H-pyrrole nitrogens is 1. The van der Waals surface area contributed by atoms with E-state index in [2.05, 4.69) is 10.3 Å². The molecule has 0 spiro atoms. The van der Waals surface area contributed by atoms with Crippen LogP contribution in [0.5, 0.6) is 0 Å². The van der Waals surface area contributed by atoms with Gasteiger partial charge in [-0.3, -0.25) is 9.59 Å². The number of nitrogens with one attached hydrogen (secondary N) is 2. The molecule has 126 valence electrons. The molecule has 0 aliphatic carbocycles. The van der Waals surface area contributed by atoms with E-state index >= 15 is 0 Å².